The summed E-state index contributed by atoms with van der Waals surface area (Å²) in [5.74, 6) is 2.78. The van der Waals surface area contributed by atoms with Gasteiger partial charge in [0.1, 0.15) is 23.0 Å². The maximum atomic E-state index is 6.92. The van der Waals surface area contributed by atoms with Gasteiger partial charge in [-0.2, -0.15) is 0 Å². The Kier molecular flexibility index (Phi) is 11.7. The Morgan fingerprint density at radius 3 is 2.03 bits per heavy atom. The summed E-state index contributed by atoms with van der Waals surface area (Å²) in [6.45, 7) is 24.2. The summed E-state index contributed by atoms with van der Waals surface area (Å²) in [6, 6.07) is 61.4. The molecule has 5 nitrogen and oxygen atoms in total. The zero-order chi connectivity index (χ0) is 52.0. The van der Waals surface area contributed by atoms with Gasteiger partial charge in [-0.1, -0.05) is 185 Å². The third-order valence-corrected chi connectivity index (χ3v) is 16.8. The van der Waals surface area contributed by atoms with Crippen molar-refractivity contribution in [1.29, 1.82) is 0 Å². The Morgan fingerprint density at radius 2 is 1.24 bits per heavy atom. The van der Waals surface area contributed by atoms with E-state index in [2.05, 4.69) is 267 Å². The van der Waals surface area contributed by atoms with Crippen LogP contribution in [0.3, 0.4) is 0 Å². The van der Waals surface area contributed by atoms with E-state index in [9.17, 15) is 0 Å². The molecule has 0 bridgehead atoms. The topological polar surface area (TPSA) is 33.0 Å². The van der Waals surface area contributed by atoms with E-state index < -0.39 is 0 Å². The number of anilines is 4. The third-order valence-electron chi connectivity index (χ3n) is 16.8. The first-order valence-electron chi connectivity index (χ1n) is 27.2. The van der Waals surface area contributed by atoms with Gasteiger partial charge in [0.15, 0.2) is 18.0 Å². The van der Waals surface area contributed by atoms with Gasteiger partial charge < -0.3 is 9.64 Å². The molecule has 8 aromatic rings. The van der Waals surface area contributed by atoms with Crippen LogP contribution in [-0.2, 0) is 21.7 Å². The Morgan fingerprint density at radius 1 is 0.547 bits per heavy atom. The Balaban J connectivity index is 0.957. The van der Waals surface area contributed by atoms with Gasteiger partial charge in [-0.15, -0.1) is 0 Å². The molecule has 1 N–H and O–H groups in total. The van der Waals surface area contributed by atoms with Crippen molar-refractivity contribution in [1.82, 2.24) is 4.98 Å². The van der Waals surface area contributed by atoms with Crippen LogP contribution in [0, 0.1) is 0 Å². The molecule has 0 amide bonds. The molecule has 1 aromatic heterocycles. The molecule has 5 heteroatoms. The number of quaternary nitrogens is 1. The number of allylic oxidation sites excluding steroid dienone is 2. The molecule has 2 aliphatic carbocycles. The first-order chi connectivity index (χ1) is 35.9. The number of benzene rings is 7. The van der Waals surface area contributed by atoms with E-state index in [0.29, 0.717) is 6.67 Å². The molecule has 4 aliphatic rings. The second-order valence-electron chi connectivity index (χ2n) is 24.9. The molecule has 376 valence electrons. The van der Waals surface area contributed by atoms with Gasteiger partial charge in [0, 0.05) is 41.4 Å². The monoisotopic (exact) mass is 984 g/mol. The molecule has 2 aliphatic heterocycles. The van der Waals surface area contributed by atoms with Crippen molar-refractivity contribution in [3.63, 3.8) is 0 Å². The number of aromatic nitrogens is 1. The zero-order valence-corrected chi connectivity index (χ0v) is 45.5. The fourth-order valence-corrected chi connectivity index (χ4v) is 12.4. The average molecular weight is 984 g/mol. The van der Waals surface area contributed by atoms with Gasteiger partial charge in [0.2, 0.25) is 0 Å². The molecule has 3 heterocycles. The SMILES string of the molecule is CC(C)(C)c1cc(-c2ccccc2)cc(-c2cccc(-c3ccc4c(c3)C(C)(C)CCC4(C)C)c2[NH+]2CN(c3cccc(Oc4ccc5c(c4)N(c4cc(C(C)(C)C)ccn4)C4C=CC=CC54)c3)c3ccccc32)c1. The molecular formula is C70H71N4O+. The van der Waals surface area contributed by atoms with Crippen LogP contribution in [0.4, 0.5) is 34.3 Å². The lowest BCUT2D eigenvalue weighted by Crippen LogP contribution is -3.02. The number of nitrogens with zero attached hydrogens (tertiary/aromatic N) is 3. The van der Waals surface area contributed by atoms with Crippen molar-refractivity contribution < 1.29 is 9.64 Å². The molecule has 0 fully saturated rings. The fourth-order valence-electron chi connectivity index (χ4n) is 12.4. The summed E-state index contributed by atoms with van der Waals surface area (Å²) in [5, 5.41) is 0. The Hall–Kier alpha value is -7.47. The molecule has 3 unspecified atom stereocenters. The number of fused-ring (bicyclic) bond motifs is 5. The van der Waals surface area contributed by atoms with Crippen LogP contribution in [0.1, 0.15) is 116 Å². The molecule has 0 saturated heterocycles. The highest BCUT2D eigenvalue weighted by molar-refractivity contribution is 5.90. The second-order valence-corrected chi connectivity index (χ2v) is 24.9. The van der Waals surface area contributed by atoms with Crippen molar-refractivity contribution >= 4 is 34.3 Å². The Labute approximate surface area is 445 Å². The van der Waals surface area contributed by atoms with Crippen LogP contribution in [0.5, 0.6) is 11.5 Å². The van der Waals surface area contributed by atoms with Crippen LogP contribution in [0.25, 0.3) is 33.4 Å². The van der Waals surface area contributed by atoms with Crippen LogP contribution in [0.15, 0.2) is 194 Å². The second kappa shape index (κ2) is 18.1. The molecular weight excluding hydrogens is 913 g/mol. The van der Waals surface area contributed by atoms with Gasteiger partial charge >= 0.3 is 0 Å². The Bertz CT molecular complexity index is 3570. The molecule has 0 spiro atoms. The van der Waals surface area contributed by atoms with Crippen molar-refractivity contribution in [2.45, 2.75) is 116 Å². The summed E-state index contributed by atoms with van der Waals surface area (Å²) in [5.41, 5.74) is 20.3. The minimum absolute atomic E-state index is 0.000852. The lowest BCUT2D eigenvalue weighted by molar-refractivity contribution is -0.750. The number of rotatable bonds is 8. The number of pyridine rings is 1. The molecule has 0 saturated carbocycles. The van der Waals surface area contributed by atoms with E-state index in [4.69, 9.17) is 9.72 Å². The minimum atomic E-state index is -0.0628. The first-order valence-corrected chi connectivity index (χ1v) is 27.2. The van der Waals surface area contributed by atoms with E-state index in [-0.39, 0.29) is 33.6 Å². The standard InChI is InChI=1S/C70H70N4O/c1-67(2,3)50-34-37-71-65(42-50)74-61-27-15-14-24-57(61)58-32-31-54(44-64(58)74)75-53-23-18-22-52(43-53)72-45-73(63-29-17-16-28-62(63)72)66-55(47-30-33-59-60(41-47)70(9,10)36-35-69(59,7)8)25-19-26-56(66)49-38-48(46-20-12-11-13-21-46)39-51(40-49)68(4,5)6/h11-34,37-44,57,61H,35-36,45H2,1-10H3/p+1. The van der Waals surface area contributed by atoms with Crippen molar-refractivity contribution in [3.05, 3.63) is 222 Å². The summed E-state index contributed by atoms with van der Waals surface area (Å²) >= 11 is 0. The summed E-state index contributed by atoms with van der Waals surface area (Å²) in [7, 11) is 0. The van der Waals surface area contributed by atoms with E-state index in [1.165, 1.54) is 96.0 Å². The predicted octanol–water partition coefficient (Wildman–Crippen LogP) is 17.5. The molecule has 0 radical (unpaired) electrons. The number of nitrogens with one attached hydrogen (secondary N) is 1. The van der Waals surface area contributed by atoms with Gasteiger partial charge in [0.25, 0.3) is 0 Å². The lowest BCUT2D eigenvalue weighted by atomic mass is 9.63. The van der Waals surface area contributed by atoms with Crippen molar-refractivity contribution in [2.75, 3.05) is 16.5 Å². The summed E-state index contributed by atoms with van der Waals surface area (Å²) in [4.78, 5) is 11.2. The maximum Gasteiger partial charge on any atom is 0.167 e. The van der Waals surface area contributed by atoms with Crippen LogP contribution in [-0.4, -0.2) is 17.7 Å². The highest BCUT2D eigenvalue weighted by atomic mass is 16.5. The molecule has 7 aromatic carbocycles. The van der Waals surface area contributed by atoms with Gasteiger partial charge in [-0.3, -0.25) is 4.90 Å². The highest BCUT2D eigenvalue weighted by Crippen LogP contribution is 2.51. The van der Waals surface area contributed by atoms with Crippen LogP contribution < -0.4 is 19.4 Å². The molecule has 12 rings (SSSR count). The minimum Gasteiger partial charge on any atom is -0.457 e. The summed E-state index contributed by atoms with van der Waals surface area (Å²) in [6.07, 6.45) is 13.3. The maximum absolute atomic E-state index is 6.92. The number of ether oxygens (including phenoxy) is 1. The average Bonchev–Trinajstić information content (AvgIpc) is 3.98. The predicted molar refractivity (Wildman–Crippen MR) is 313 cm³/mol. The third kappa shape index (κ3) is 8.79. The number of hydrogen-bond donors (Lipinski definition) is 1. The van der Waals surface area contributed by atoms with E-state index >= 15 is 0 Å². The summed E-state index contributed by atoms with van der Waals surface area (Å²) < 4.78 is 6.92. The fraction of sp³-hybridized carbons (Fsp3) is 0.271. The highest BCUT2D eigenvalue weighted by Gasteiger charge is 2.41. The quantitative estimate of drug-likeness (QED) is 0.164. The number of para-hydroxylation sites is 3. The van der Waals surface area contributed by atoms with Crippen molar-refractivity contribution in [3.8, 4) is 44.9 Å². The van der Waals surface area contributed by atoms with E-state index in [0.717, 1.165) is 28.7 Å². The van der Waals surface area contributed by atoms with Gasteiger partial charge in [0.05, 0.1) is 17.4 Å². The zero-order valence-electron chi connectivity index (χ0n) is 45.5. The van der Waals surface area contributed by atoms with E-state index in [1.807, 2.05) is 6.20 Å². The van der Waals surface area contributed by atoms with Gasteiger partial charge in [-0.05, 0) is 139 Å². The normalized spacial score (nSPS) is 19.1. The van der Waals surface area contributed by atoms with Crippen molar-refractivity contribution in [2.24, 2.45) is 0 Å². The lowest BCUT2D eigenvalue weighted by Gasteiger charge is -2.42. The van der Waals surface area contributed by atoms with Gasteiger partial charge in [-0.25, -0.2) is 9.88 Å². The van der Waals surface area contributed by atoms with E-state index in [1.54, 1.807) is 0 Å². The largest absolute Gasteiger partial charge is 0.457 e. The smallest absolute Gasteiger partial charge is 0.167 e. The van der Waals surface area contributed by atoms with Crippen LogP contribution >= 0.6 is 0 Å². The first kappa shape index (κ1) is 48.5. The molecule has 75 heavy (non-hydrogen) atoms. The van der Waals surface area contributed by atoms with Crippen LogP contribution in [0.2, 0.25) is 0 Å². The molecule has 3 atom stereocenters. The number of hydrogen-bond acceptors (Lipinski definition) is 4.